The summed E-state index contributed by atoms with van der Waals surface area (Å²) in [6, 6.07) is 8.89. The number of rotatable bonds is 5. The van der Waals surface area contributed by atoms with Crippen LogP contribution in [0.4, 0.5) is 4.79 Å². The number of nitrogens with zero attached hydrogens (tertiary/aromatic N) is 3. The molecule has 1 aromatic heterocycles. The van der Waals surface area contributed by atoms with E-state index in [0.717, 1.165) is 16.9 Å². The molecule has 0 aliphatic carbocycles. The molecule has 0 spiro atoms. The number of carbonyl (C=O) groups is 2. The predicted molar refractivity (Wildman–Crippen MR) is 95.1 cm³/mol. The van der Waals surface area contributed by atoms with E-state index in [2.05, 4.69) is 15.5 Å². The van der Waals surface area contributed by atoms with E-state index in [1.54, 1.807) is 0 Å². The first-order chi connectivity index (χ1) is 12.3. The van der Waals surface area contributed by atoms with Gasteiger partial charge in [0.25, 0.3) is 5.91 Å². The van der Waals surface area contributed by atoms with Gasteiger partial charge in [-0.2, -0.15) is 4.98 Å². The van der Waals surface area contributed by atoms with E-state index < -0.39 is 11.6 Å². The highest BCUT2D eigenvalue weighted by atomic mass is 16.5. The van der Waals surface area contributed by atoms with Crippen LogP contribution in [0.1, 0.15) is 57.8 Å². The van der Waals surface area contributed by atoms with Gasteiger partial charge in [0.1, 0.15) is 12.1 Å². The fourth-order valence-electron chi connectivity index (χ4n) is 3.14. The zero-order valence-electron chi connectivity index (χ0n) is 15.6. The van der Waals surface area contributed by atoms with E-state index in [-0.39, 0.29) is 23.8 Å². The Hall–Kier alpha value is -2.70. The summed E-state index contributed by atoms with van der Waals surface area (Å²) in [6.07, 6.45) is 1.28. The Labute approximate surface area is 152 Å². The molecular weight excluding hydrogens is 332 g/mol. The SMILES string of the molecule is CCC[C@]1(c2ccccc2)NC(=O)N(Cc2nc(C(C)(C)C)no2)C1=O. The van der Waals surface area contributed by atoms with Gasteiger partial charge in [0.05, 0.1) is 0 Å². The zero-order valence-corrected chi connectivity index (χ0v) is 15.6. The van der Waals surface area contributed by atoms with Crippen molar-refractivity contribution in [3.8, 4) is 0 Å². The van der Waals surface area contributed by atoms with Crippen molar-refractivity contribution >= 4 is 11.9 Å². The van der Waals surface area contributed by atoms with Crippen LogP contribution in [-0.4, -0.2) is 27.0 Å². The number of imide groups is 1. The molecule has 1 aromatic carbocycles. The Bertz CT molecular complexity index is 810. The lowest BCUT2D eigenvalue weighted by atomic mass is 9.85. The maximum Gasteiger partial charge on any atom is 0.325 e. The molecule has 0 saturated carbocycles. The highest BCUT2D eigenvalue weighted by molar-refractivity contribution is 6.07. The molecule has 0 radical (unpaired) electrons. The van der Waals surface area contributed by atoms with Crippen molar-refractivity contribution in [1.82, 2.24) is 20.4 Å². The second-order valence-electron chi connectivity index (χ2n) is 7.60. The van der Waals surface area contributed by atoms with Crippen LogP contribution in [0.25, 0.3) is 0 Å². The summed E-state index contributed by atoms with van der Waals surface area (Å²) in [5.41, 5.74) is -0.529. The third-order valence-corrected chi connectivity index (χ3v) is 4.50. The minimum Gasteiger partial charge on any atom is -0.337 e. The van der Waals surface area contributed by atoms with Gasteiger partial charge in [-0.15, -0.1) is 0 Å². The average molecular weight is 356 g/mol. The van der Waals surface area contributed by atoms with E-state index in [9.17, 15) is 9.59 Å². The first kappa shape index (κ1) is 18.1. The number of amides is 3. The van der Waals surface area contributed by atoms with Crippen molar-refractivity contribution in [2.24, 2.45) is 0 Å². The van der Waals surface area contributed by atoms with Gasteiger partial charge in [-0.3, -0.25) is 9.69 Å². The number of nitrogens with one attached hydrogen (secondary N) is 1. The quantitative estimate of drug-likeness (QED) is 0.832. The van der Waals surface area contributed by atoms with Crippen molar-refractivity contribution in [1.29, 1.82) is 0 Å². The summed E-state index contributed by atoms with van der Waals surface area (Å²) >= 11 is 0. The molecule has 1 saturated heterocycles. The molecule has 7 nitrogen and oxygen atoms in total. The molecule has 1 fully saturated rings. The molecule has 1 aliphatic heterocycles. The second-order valence-corrected chi connectivity index (χ2v) is 7.60. The summed E-state index contributed by atoms with van der Waals surface area (Å²) in [5, 5.41) is 6.84. The van der Waals surface area contributed by atoms with Crippen LogP contribution in [0.15, 0.2) is 34.9 Å². The summed E-state index contributed by atoms with van der Waals surface area (Å²) < 4.78 is 5.25. The van der Waals surface area contributed by atoms with Crippen molar-refractivity contribution in [3.63, 3.8) is 0 Å². The summed E-state index contributed by atoms with van der Waals surface area (Å²) in [4.78, 5) is 31.2. The first-order valence-corrected chi connectivity index (χ1v) is 8.80. The lowest BCUT2D eigenvalue weighted by Gasteiger charge is -2.26. The second kappa shape index (κ2) is 6.55. The maximum atomic E-state index is 13.2. The first-order valence-electron chi connectivity index (χ1n) is 8.80. The van der Waals surface area contributed by atoms with E-state index in [1.165, 1.54) is 0 Å². The number of urea groups is 1. The average Bonchev–Trinajstić information content (AvgIpc) is 3.16. The van der Waals surface area contributed by atoms with Crippen molar-refractivity contribution in [2.75, 3.05) is 0 Å². The fourth-order valence-corrected chi connectivity index (χ4v) is 3.14. The summed E-state index contributed by atoms with van der Waals surface area (Å²) in [6.45, 7) is 7.86. The molecular formula is C19H24N4O3. The van der Waals surface area contributed by atoms with E-state index >= 15 is 0 Å². The molecule has 3 rings (SSSR count). The number of aromatic nitrogens is 2. The number of carbonyl (C=O) groups excluding carboxylic acids is 2. The number of hydrogen-bond donors (Lipinski definition) is 1. The molecule has 1 N–H and O–H groups in total. The van der Waals surface area contributed by atoms with Gasteiger partial charge >= 0.3 is 6.03 Å². The van der Waals surface area contributed by atoms with Crippen LogP contribution < -0.4 is 5.32 Å². The monoisotopic (exact) mass is 356 g/mol. The van der Waals surface area contributed by atoms with Crippen LogP contribution in [0.5, 0.6) is 0 Å². The topological polar surface area (TPSA) is 88.3 Å². The van der Waals surface area contributed by atoms with Crippen LogP contribution in [0.3, 0.4) is 0 Å². The van der Waals surface area contributed by atoms with E-state index in [4.69, 9.17) is 4.52 Å². The number of benzene rings is 1. The Morgan fingerprint density at radius 2 is 1.88 bits per heavy atom. The van der Waals surface area contributed by atoms with Crippen LogP contribution >= 0.6 is 0 Å². The van der Waals surface area contributed by atoms with Crippen molar-refractivity contribution in [3.05, 3.63) is 47.6 Å². The molecule has 7 heteroatoms. The van der Waals surface area contributed by atoms with Gasteiger partial charge in [-0.25, -0.2) is 4.79 Å². The van der Waals surface area contributed by atoms with Crippen molar-refractivity contribution < 1.29 is 14.1 Å². The van der Waals surface area contributed by atoms with Gasteiger partial charge in [-0.05, 0) is 12.0 Å². The van der Waals surface area contributed by atoms with Gasteiger partial charge in [0, 0.05) is 5.41 Å². The fraction of sp³-hybridized carbons (Fsp3) is 0.474. The lowest BCUT2D eigenvalue weighted by Crippen LogP contribution is -2.43. The lowest BCUT2D eigenvalue weighted by molar-refractivity contribution is -0.132. The zero-order chi connectivity index (χ0) is 18.9. The smallest absolute Gasteiger partial charge is 0.325 e. The summed E-state index contributed by atoms with van der Waals surface area (Å²) in [5.74, 6) is 0.507. The molecule has 0 unspecified atom stereocenters. The third kappa shape index (κ3) is 3.09. The predicted octanol–water partition coefficient (Wildman–Crippen LogP) is 3.11. The standard InChI is InChI=1S/C19H24N4O3/c1-5-11-19(13-9-7-6-8-10-13)16(24)23(17(25)21-19)12-14-20-15(22-26-14)18(2,3)4/h6-10H,5,11-12H2,1-4H3,(H,21,25)/t19-/m1/s1. The summed E-state index contributed by atoms with van der Waals surface area (Å²) in [7, 11) is 0. The molecule has 3 amide bonds. The Morgan fingerprint density at radius 3 is 2.46 bits per heavy atom. The normalized spacial score (nSPS) is 20.5. The molecule has 2 heterocycles. The number of hydrogen-bond acceptors (Lipinski definition) is 5. The van der Waals surface area contributed by atoms with Crippen LogP contribution in [0, 0.1) is 0 Å². The maximum absolute atomic E-state index is 13.2. The molecule has 138 valence electrons. The van der Waals surface area contributed by atoms with Gasteiger partial charge in [0.2, 0.25) is 5.89 Å². The Kier molecular flexibility index (Phi) is 4.56. The minimum atomic E-state index is -1.04. The third-order valence-electron chi connectivity index (χ3n) is 4.50. The van der Waals surface area contributed by atoms with Gasteiger partial charge < -0.3 is 9.84 Å². The highest BCUT2D eigenvalue weighted by Gasteiger charge is 2.52. The van der Waals surface area contributed by atoms with Crippen LogP contribution in [-0.2, 0) is 22.3 Å². The van der Waals surface area contributed by atoms with E-state index in [0.29, 0.717) is 12.2 Å². The van der Waals surface area contributed by atoms with E-state index in [1.807, 2.05) is 58.0 Å². The Balaban J connectivity index is 1.89. The van der Waals surface area contributed by atoms with Gasteiger partial charge in [0.15, 0.2) is 5.82 Å². The molecule has 0 bridgehead atoms. The minimum absolute atomic E-state index is 0.0357. The highest BCUT2D eigenvalue weighted by Crippen LogP contribution is 2.34. The molecule has 26 heavy (non-hydrogen) atoms. The van der Waals surface area contributed by atoms with Crippen molar-refractivity contribution in [2.45, 2.75) is 58.0 Å². The van der Waals surface area contributed by atoms with Crippen LogP contribution in [0.2, 0.25) is 0 Å². The largest absolute Gasteiger partial charge is 0.337 e. The molecule has 2 aromatic rings. The Morgan fingerprint density at radius 1 is 1.19 bits per heavy atom. The van der Waals surface area contributed by atoms with Gasteiger partial charge in [-0.1, -0.05) is 69.6 Å². The molecule has 1 atom stereocenters. The molecule has 1 aliphatic rings.